The number of hydrogen-bond acceptors (Lipinski definition) is 5. The van der Waals surface area contributed by atoms with Crippen LogP contribution >= 0.6 is 12.2 Å². The lowest BCUT2D eigenvalue weighted by atomic mass is 9.87. The van der Waals surface area contributed by atoms with E-state index < -0.39 is 0 Å². The number of thiocarbonyl (C=S) groups is 1. The molecule has 0 saturated heterocycles. The number of fused-ring (bicyclic) bond motifs is 1. The molecule has 0 aromatic heterocycles. The predicted molar refractivity (Wildman–Crippen MR) is 110 cm³/mol. The van der Waals surface area contributed by atoms with Crippen LogP contribution in [-0.4, -0.2) is 34.1 Å². The third-order valence-electron chi connectivity index (χ3n) is 4.56. The highest BCUT2D eigenvalue weighted by Gasteiger charge is 2.32. The summed E-state index contributed by atoms with van der Waals surface area (Å²) in [5.74, 6) is 0.295. The topological polar surface area (TPSA) is 74.1 Å². The fraction of sp³-hybridized carbons (Fsp3) is 0.143. The van der Waals surface area contributed by atoms with E-state index in [-0.39, 0.29) is 24.9 Å². The lowest BCUT2D eigenvalue weighted by Crippen LogP contribution is -2.20. The van der Waals surface area contributed by atoms with Crippen molar-refractivity contribution >= 4 is 33.7 Å². The van der Waals surface area contributed by atoms with Crippen LogP contribution in [0.2, 0.25) is 0 Å². The molecule has 0 fully saturated rings. The molecule has 1 unspecified atom stereocenters. The molecule has 27 heavy (non-hydrogen) atoms. The molecular formula is C21H18N2O3S. The third-order valence-corrected chi connectivity index (χ3v) is 4.89. The van der Waals surface area contributed by atoms with Crippen LogP contribution in [0, 0.1) is 0 Å². The highest BCUT2D eigenvalue weighted by Crippen LogP contribution is 2.35. The molecule has 6 heteroatoms. The molecule has 0 radical (unpaired) electrons. The van der Waals surface area contributed by atoms with Crippen LogP contribution in [-0.2, 0) is 0 Å². The fourth-order valence-electron chi connectivity index (χ4n) is 3.36. The summed E-state index contributed by atoms with van der Waals surface area (Å²) < 4.78 is 5.35. The van der Waals surface area contributed by atoms with E-state index in [1.807, 2.05) is 24.3 Å². The third kappa shape index (κ3) is 3.25. The number of nitrogens with one attached hydrogen (secondary N) is 1. The quantitative estimate of drug-likeness (QED) is 0.594. The van der Waals surface area contributed by atoms with Crippen LogP contribution in [0.1, 0.15) is 17.0 Å². The van der Waals surface area contributed by atoms with E-state index in [1.54, 1.807) is 12.1 Å². The Morgan fingerprint density at radius 1 is 1.07 bits per heavy atom. The summed E-state index contributed by atoms with van der Waals surface area (Å²) in [5, 5.41) is 26.0. The van der Waals surface area contributed by atoms with E-state index >= 15 is 0 Å². The molecule has 1 atom stereocenters. The number of benzene rings is 3. The van der Waals surface area contributed by atoms with Gasteiger partial charge < -0.3 is 14.9 Å². The lowest BCUT2D eigenvalue weighted by molar-refractivity contribution is 0.201. The number of phenolic OH excluding ortho intramolecular Hbond substituents is 1. The first-order valence-corrected chi connectivity index (χ1v) is 9.02. The molecule has 0 aliphatic carbocycles. The van der Waals surface area contributed by atoms with E-state index in [0.29, 0.717) is 22.0 Å². The summed E-state index contributed by atoms with van der Waals surface area (Å²) in [4.78, 5) is 0.598. The number of hydrogen-bond donors (Lipinski definition) is 3. The maximum absolute atomic E-state index is 10.5. The van der Waals surface area contributed by atoms with Gasteiger partial charge in [-0.15, -0.1) is 0 Å². The number of ether oxygens (including phenoxy) is 1. The first-order chi connectivity index (χ1) is 13.2. The van der Waals surface area contributed by atoms with Gasteiger partial charge >= 0.3 is 0 Å². The van der Waals surface area contributed by atoms with Gasteiger partial charge in [0.25, 0.3) is 0 Å². The van der Waals surface area contributed by atoms with Gasteiger partial charge in [-0.3, -0.25) is 5.43 Å². The summed E-state index contributed by atoms with van der Waals surface area (Å²) in [7, 11) is 0. The molecule has 3 aromatic carbocycles. The van der Waals surface area contributed by atoms with Crippen molar-refractivity contribution in [3.63, 3.8) is 0 Å². The van der Waals surface area contributed by atoms with Gasteiger partial charge in [-0.05, 0) is 28.5 Å². The number of aromatic hydroxyl groups is 1. The van der Waals surface area contributed by atoms with Crippen molar-refractivity contribution in [2.75, 3.05) is 13.2 Å². The minimum atomic E-state index is -0.249. The number of phenols is 1. The van der Waals surface area contributed by atoms with Crippen LogP contribution < -0.4 is 10.2 Å². The second-order valence-electron chi connectivity index (χ2n) is 6.23. The van der Waals surface area contributed by atoms with E-state index in [4.69, 9.17) is 22.1 Å². The maximum atomic E-state index is 10.5. The number of nitrogens with zero attached hydrogens (tertiary/aromatic N) is 1. The molecule has 1 heterocycles. The van der Waals surface area contributed by atoms with Gasteiger partial charge in [0.1, 0.15) is 23.1 Å². The molecular weight excluding hydrogens is 360 g/mol. The highest BCUT2D eigenvalue weighted by atomic mass is 32.1. The van der Waals surface area contributed by atoms with Crippen LogP contribution in [0.3, 0.4) is 0 Å². The molecule has 0 spiro atoms. The second kappa shape index (κ2) is 7.34. The standard InChI is InChI=1S/C21H18N2O3S/c24-10-11-26-14-8-9-17(18(25)12-14)20-19(21(27)23-22-20)16-7-3-5-13-4-1-2-6-15(13)16/h1-9,12,19,24-25H,10-11H2,(H,23,27). The molecule has 3 N–H and O–H groups in total. The molecule has 0 saturated carbocycles. The van der Waals surface area contributed by atoms with Crippen molar-refractivity contribution < 1.29 is 14.9 Å². The zero-order valence-corrected chi connectivity index (χ0v) is 15.2. The zero-order chi connectivity index (χ0) is 18.8. The molecule has 1 aliphatic heterocycles. The van der Waals surface area contributed by atoms with Crippen molar-refractivity contribution in [2.45, 2.75) is 5.92 Å². The first kappa shape index (κ1) is 17.5. The zero-order valence-electron chi connectivity index (χ0n) is 14.4. The van der Waals surface area contributed by atoms with Crippen LogP contribution in [0.4, 0.5) is 0 Å². The molecule has 0 amide bonds. The Morgan fingerprint density at radius 3 is 2.70 bits per heavy atom. The van der Waals surface area contributed by atoms with Crippen molar-refractivity contribution in [2.24, 2.45) is 5.10 Å². The Hall–Kier alpha value is -2.96. The van der Waals surface area contributed by atoms with Gasteiger partial charge in [0.15, 0.2) is 0 Å². The lowest BCUT2D eigenvalue weighted by Gasteiger charge is -2.17. The monoisotopic (exact) mass is 378 g/mol. The number of aliphatic hydroxyl groups excluding tert-OH is 1. The average molecular weight is 378 g/mol. The van der Waals surface area contributed by atoms with Gasteiger partial charge in [0.05, 0.1) is 18.2 Å². The van der Waals surface area contributed by atoms with Crippen molar-refractivity contribution in [1.82, 2.24) is 5.43 Å². The summed E-state index contributed by atoms with van der Waals surface area (Å²) >= 11 is 5.53. The molecule has 136 valence electrons. The number of aliphatic hydroxyl groups is 1. The normalized spacial score (nSPS) is 16.3. The number of rotatable bonds is 5. The summed E-state index contributed by atoms with van der Waals surface area (Å²) in [5.41, 5.74) is 5.21. The largest absolute Gasteiger partial charge is 0.507 e. The van der Waals surface area contributed by atoms with Gasteiger partial charge in [-0.2, -0.15) is 5.10 Å². The summed E-state index contributed by atoms with van der Waals surface area (Å²) in [6.45, 7) is 0.0839. The predicted octanol–water partition coefficient (Wildman–Crippen LogP) is 3.34. The van der Waals surface area contributed by atoms with Crippen molar-refractivity contribution in [3.05, 3.63) is 71.8 Å². The molecule has 4 rings (SSSR count). The first-order valence-electron chi connectivity index (χ1n) is 8.61. The van der Waals surface area contributed by atoms with Crippen molar-refractivity contribution in [1.29, 1.82) is 0 Å². The van der Waals surface area contributed by atoms with Gasteiger partial charge in [-0.1, -0.05) is 54.7 Å². The van der Waals surface area contributed by atoms with Crippen LogP contribution in [0.5, 0.6) is 11.5 Å². The molecule has 0 bridgehead atoms. The molecule has 5 nitrogen and oxygen atoms in total. The SMILES string of the molecule is OCCOc1ccc(C2=NNC(=S)C2c2cccc3ccccc23)c(O)c1. The van der Waals surface area contributed by atoms with E-state index in [2.05, 4.69) is 28.7 Å². The Labute approximate surface area is 161 Å². The Balaban J connectivity index is 1.76. The minimum Gasteiger partial charge on any atom is -0.507 e. The second-order valence-corrected chi connectivity index (χ2v) is 6.67. The highest BCUT2D eigenvalue weighted by molar-refractivity contribution is 7.80. The minimum absolute atomic E-state index is 0.0564. The summed E-state index contributed by atoms with van der Waals surface area (Å²) in [6.07, 6.45) is 0. The molecule has 3 aromatic rings. The van der Waals surface area contributed by atoms with Gasteiger partial charge in [-0.25, -0.2) is 0 Å². The van der Waals surface area contributed by atoms with Gasteiger partial charge in [0, 0.05) is 11.6 Å². The van der Waals surface area contributed by atoms with E-state index in [1.165, 1.54) is 6.07 Å². The molecule has 1 aliphatic rings. The maximum Gasteiger partial charge on any atom is 0.128 e. The Bertz CT molecular complexity index is 1040. The Kier molecular flexibility index (Phi) is 4.75. The average Bonchev–Trinajstić information content (AvgIpc) is 3.07. The van der Waals surface area contributed by atoms with E-state index in [9.17, 15) is 5.11 Å². The fourth-order valence-corrected chi connectivity index (χ4v) is 3.64. The number of hydrazone groups is 1. The van der Waals surface area contributed by atoms with Crippen LogP contribution in [0.15, 0.2) is 65.8 Å². The smallest absolute Gasteiger partial charge is 0.128 e. The Morgan fingerprint density at radius 2 is 1.89 bits per heavy atom. The van der Waals surface area contributed by atoms with Crippen molar-refractivity contribution in [3.8, 4) is 11.5 Å². The van der Waals surface area contributed by atoms with Crippen LogP contribution in [0.25, 0.3) is 10.8 Å². The van der Waals surface area contributed by atoms with E-state index in [0.717, 1.165) is 16.3 Å². The van der Waals surface area contributed by atoms with Gasteiger partial charge in [0.2, 0.25) is 0 Å². The summed E-state index contributed by atoms with van der Waals surface area (Å²) in [6, 6.07) is 19.3.